The van der Waals surface area contributed by atoms with Gasteiger partial charge in [-0.2, -0.15) is 29.9 Å². The highest BCUT2D eigenvalue weighted by atomic mass is 32.5. The van der Waals surface area contributed by atoms with Gasteiger partial charge in [-0.05, 0) is 83.1 Å². The van der Waals surface area contributed by atoms with Crippen LogP contribution >= 0.6 is 33.6 Å². The molecule has 0 spiro atoms. The molecule has 5 aromatic heterocycles. The summed E-state index contributed by atoms with van der Waals surface area (Å²) in [5.74, 6) is 6.50. The normalized spacial score (nSPS) is 11.8. The van der Waals surface area contributed by atoms with E-state index in [9.17, 15) is 0 Å². The highest BCUT2D eigenvalue weighted by Gasteiger charge is 2.27. The number of aromatic nitrogens is 10. The SMILES string of the molecule is CCOP(=S)(OCC)Oc1cc(C)nc(C(C)C)n1.CCOP(=S)(OCC)Oc1cc(C)nc(N(CC)CC)n1.CCOP(=S)(OCC)Oc1cnc(C(C)(C)C)nc1.CCOc1cc(OP(=S)(OC)OC)nc(C(C)C)n1.CCOc1cc(OP(=S)(OC)OC)nc(CC)n1. The summed E-state index contributed by atoms with van der Waals surface area (Å²) in [7, 11) is 5.77. The lowest BCUT2D eigenvalue weighted by molar-refractivity contribution is 0.215. The summed E-state index contributed by atoms with van der Waals surface area (Å²) in [6.45, 7) is 30.3. The molecule has 28 nitrogen and oxygen atoms in total. The summed E-state index contributed by atoms with van der Waals surface area (Å²) >= 11 is 26.2. The van der Waals surface area contributed by atoms with Gasteiger partial charge in [0.15, 0.2) is 5.75 Å². The predicted molar refractivity (Wildman–Crippen MR) is 394 cm³/mol. The Morgan fingerprint density at radius 2 is 0.729 bits per heavy atom. The molecule has 0 unspecified atom stereocenters. The van der Waals surface area contributed by atoms with Crippen LogP contribution in [0.3, 0.4) is 0 Å². The van der Waals surface area contributed by atoms with E-state index in [4.69, 9.17) is 136 Å². The average Bonchev–Trinajstić information content (AvgIpc) is 0.909. The molecule has 5 aromatic rings. The first-order valence-corrected chi connectivity index (χ1v) is 43.9. The van der Waals surface area contributed by atoms with E-state index in [1.807, 2.05) is 130 Å². The fourth-order valence-corrected chi connectivity index (χ4v) is 14.5. The van der Waals surface area contributed by atoms with Gasteiger partial charge in [0, 0.05) is 148 Å². The van der Waals surface area contributed by atoms with Gasteiger partial charge < -0.3 is 55.1 Å². The predicted octanol–water partition coefficient (Wildman–Crippen LogP) is 15.6. The number of aryl methyl sites for hydroxylation is 3. The topological polar surface area (TPSA) is 289 Å². The molecular weight excluding hydrogens is 1440 g/mol. The van der Waals surface area contributed by atoms with Crippen LogP contribution in [0.25, 0.3) is 0 Å². The summed E-state index contributed by atoms with van der Waals surface area (Å²) in [6.07, 6.45) is 3.87. The minimum Gasteiger partial charge on any atom is -0.478 e. The molecule has 0 radical (unpaired) electrons. The van der Waals surface area contributed by atoms with E-state index in [0.717, 1.165) is 36.1 Å². The summed E-state index contributed by atoms with van der Waals surface area (Å²) in [5, 5.41) is 0. The number of nitrogens with zero attached hydrogens (tertiary/aromatic N) is 11. The Hall–Kier alpha value is -3.35. The van der Waals surface area contributed by atoms with E-state index >= 15 is 0 Å². The van der Waals surface area contributed by atoms with E-state index < -0.39 is 33.6 Å². The van der Waals surface area contributed by atoms with Crippen molar-refractivity contribution < 1.29 is 77.3 Å². The zero-order chi connectivity index (χ0) is 72.9. The van der Waals surface area contributed by atoms with Crippen LogP contribution in [0.1, 0.15) is 171 Å². The maximum absolute atomic E-state index is 5.75. The van der Waals surface area contributed by atoms with Crippen LogP contribution in [-0.4, -0.2) is 144 Å². The fraction of sp³-hybridized carbons (Fsp3) is 0.655. The Bertz CT molecular complexity index is 3270. The highest BCUT2D eigenvalue weighted by Crippen LogP contribution is 2.52. The van der Waals surface area contributed by atoms with Crippen molar-refractivity contribution >= 4 is 98.6 Å². The molecule has 5 rings (SSSR count). The maximum atomic E-state index is 5.75. The van der Waals surface area contributed by atoms with Crippen molar-refractivity contribution in [3.8, 4) is 41.0 Å². The number of anilines is 1. The van der Waals surface area contributed by atoms with Gasteiger partial charge in [0.05, 0.1) is 77.4 Å². The van der Waals surface area contributed by atoms with E-state index in [1.165, 1.54) is 28.4 Å². The van der Waals surface area contributed by atoms with Gasteiger partial charge in [0.1, 0.15) is 23.3 Å². The molecule has 0 aliphatic rings. The summed E-state index contributed by atoms with van der Waals surface area (Å²) < 4.78 is 91.6. The van der Waals surface area contributed by atoms with Gasteiger partial charge in [0.2, 0.25) is 41.2 Å². The van der Waals surface area contributed by atoms with Crippen molar-refractivity contribution in [3.63, 3.8) is 0 Å². The van der Waals surface area contributed by atoms with Crippen LogP contribution in [-0.2, 0) is 116 Å². The van der Waals surface area contributed by atoms with Crippen molar-refractivity contribution in [1.82, 2.24) is 49.8 Å². The molecular formula is C58H102N11O17P5S5. The molecule has 0 N–H and O–H groups in total. The average molecular weight is 1540 g/mol. The molecule has 546 valence electrons. The van der Waals surface area contributed by atoms with Crippen LogP contribution < -0.4 is 37.0 Å². The monoisotopic (exact) mass is 1540 g/mol. The second-order valence-electron chi connectivity index (χ2n) is 20.3. The Morgan fingerprint density at radius 1 is 0.406 bits per heavy atom. The molecule has 5 heterocycles. The summed E-state index contributed by atoms with van der Waals surface area (Å²) in [4.78, 5) is 45.1. The lowest BCUT2D eigenvalue weighted by Gasteiger charge is -2.22. The molecule has 38 heteroatoms. The lowest BCUT2D eigenvalue weighted by atomic mass is 9.96. The van der Waals surface area contributed by atoms with Crippen molar-refractivity contribution in [2.45, 2.75) is 162 Å². The van der Waals surface area contributed by atoms with Crippen LogP contribution in [0.4, 0.5) is 5.95 Å². The molecule has 0 aliphatic carbocycles. The largest absolute Gasteiger partial charge is 0.478 e. The van der Waals surface area contributed by atoms with E-state index in [-0.39, 0.29) is 17.3 Å². The van der Waals surface area contributed by atoms with Crippen molar-refractivity contribution in [3.05, 3.63) is 71.3 Å². The molecule has 0 saturated carbocycles. The smallest absolute Gasteiger partial charge is 0.381 e. The second kappa shape index (κ2) is 46.2. The molecule has 0 aliphatic heterocycles. The van der Waals surface area contributed by atoms with E-state index in [1.54, 1.807) is 36.7 Å². The van der Waals surface area contributed by atoms with Crippen LogP contribution in [0.5, 0.6) is 41.0 Å². The van der Waals surface area contributed by atoms with Gasteiger partial charge in [-0.25, -0.2) is 19.9 Å². The van der Waals surface area contributed by atoms with Gasteiger partial charge in [-0.15, -0.1) is 0 Å². The Balaban J connectivity index is 0.000000600. The molecule has 96 heavy (non-hydrogen) atoms. The zero-order valence-electron chi connectivity index (χ0n) is 60.0. The number of hydrogen-bond acceptors (Lipinski definition) is 33. The molecule has 0 atom stereocenters. The molecule has 0 aromatic carbocycles. The van der Waals surface area contributed by atoms with Crippen molar-refractivity contribution in [2.24, 2.45) is 0 Å². The first-order valence-electron chi connectivity index (χ1n) is 31.1. The third-order valence-corrected chi connectivity index (χ3v) is 23.1. The summed E-state index contributed by atoms with van der Waals surface area (Å²) in [5.41, 5.74) is 1.55. The number of ether oxygens (including phenoxy) is 2. The first-order chi connectivity index (χ1) is 45.2. The van der Waals surface area contributed by atoms with Gasteiger partial charge in [0.25, 0.3) is 0 Å². The molecule has 0 amide bonds. The number of rotatable bonds is 36. The Morgan fingerprint density at radius 3 is 1.08 bits per heavy atom. The van der Waals surface area contributed by atoms with Gasteiger partial charge in [-0.1, -0.05) is 55.4 Å². The van der Waals surface area contributed by atoms with Crippen LogP contribution in [0.2, 0.25) is 0 Å². The zero-order valence-corrected chi connectivity index (χ0v) is 68.6. The maximum Gasteiger partial charge on any atom is 0.381 e. The fourth-order valence-electron chi connectivity index (χ4n) is 6.76. The summed E-state index contributed by atoms with van der Waals surface area (Å²) in [6, 6.07) is 6.63. The standard InChI is InChI=1S/C13H24N3O3PS.2C12H21N2O3PS.C11H19N2O4PS.C10H17N2O4PS/c1-6-16(7-2)13-14-11(5)10-12(15-13)19-20(21,17-8-3)18-9-4;1-6-15-18(19,16-7-2)17-10-8-13-11(14-9-10)12(3,4)5;1-6-15-18(19,16-7-2)17-11-8-10(5)13-12(14-11)9(3)4;1-6-16-9-7-10(13-11(12-9)8(2)3)17-18(19,14-4)15-5;1-5-8-11-9(15-6-2)7-10(12-8)16-17(18,13-3)14-4/h10H,6-9H2,1-5H3;2*8-9H,6-7H2,1-5H3;7-8H,6H2,1-5H3;7H,5-6H2,1-4H3. The van der Waals surface area contributed by atoms with Crippen molar-refractivity contribution in [1.29, 1.82) is 0 Å². The molecule has 0 saturated heterocycles. The van der Waals surface area contributed by atoms with Crippen molar-refractivity contribution in [2.75, 3.05) is 99.3 Å². The lowest BCUT2D eigenvalue weighted by Crippen LogP contribution is -2.24. The van der Waals surface area contributed by atoms with Crippen LogP contribution in [0.15, 0.2) is 36.7 Å². The third-order valence-electron chi connectivity index (χ3n) is 11.0. The minimum absolute atomic E-state index is 0.0986. The van der Waals surface area contributed by atoms with Gasteiger partial charge in [-0.3, -0.25) is 27.1 Å². The first kappa shape index (κ1) is 90.7. The highest BCUT2D eigenvalue weighted by molar-refractivity contribution is 8.09. The van der Waals surface area contributed by atoms with Gasteiger partial charge >= 0.3 is 33.6 Å². The number of hydrogen-bond donors (Lipinski definition) is 0. The Kier molecular flexibility index (Phi) is 43.6. The van der Waals surface area contributed by atoms with Crippen LogP contribution in [0, 0.1) is 13.8 Å². The quantitative estimate of drug-likeness (QED) is 0.0337. The molecule has 0 fully saturated rings. The van der Waals surface area contributed by atoms with E-state index in [2.05, 4.69) is 63.7 Å². The van der Waals surface area contributed by atoms with E-state index in [0.29, 0.717) is 118 Å². The second-order valence-corrected chi connectivity index (χ2v) is 35.4. The third kappa shape index (κ3) is 34.3. The Labute approximate surface area is 595 Å². The molecule has 0 bridgehead atoms. The minimum atomic E-state index is -2.80.